The summed E-state index contributed by atoms with van der Waals surface area (Å²) in [6, 6.07) is 8.17. The smallest absolute Gasteiger partial charge is 0.328 e. The lowest BCUT2D eigenvalue weighted by molar-refractivity contribution is -0.147. The van der Waals surface area contributed by atoms with Crippen molar-refractivity contribution in [2.45, 2.75) is 50.6 Å². The summed E-state index contributed by atoms with van der Waals surface area (Å²) in [4.78, 5) is 39.9. The summed E-state index contributed by atoms with van der Waals surface area (Å²) in [7, 11) is 1.32. The van der Waals surface area contributed by atoms with Crippen LogP contribution in [0.3, 0.4) is 0 Å². The number of carbonyl (C=O) groups excluding carboxylic acids is 3. The number of methoxy groups -OCH3 is 1. The van der Waals surface area contributed by atoms with Crippen LogP contribution >= 0.6 is 12.6 Å². The van der Waals surface area contributed by atoms with Crippen LogP contribution in [0.15, 0.2) is 30.3 Å². The number of amides is 2. The molecule has 1 fully saturated rings. The van der Waals surface area contributed by atoms with Gasteiger partial charge in [0, 0.05) is 18.8 Å². The van der Waals surface area contributed by atoms with Gasteiger partial charge in [0.15, 0.2) is 0 Å². The minimum atomic E-state index is -0.827. The lowest BCUT2D eigenvalue weighted by Gasteiger charge is -2.42. The number of hydrogen-bond acceptors (Lipinski definition) is 6. The van der Waals surface area contributed by atoms with Gasteiger partial charge >= 0.3 is 5.97 Å². The zero-order chi connectivity index (χ0) is 22.3. The van der Waals surface area contributed by atoms with E-state index in [2.05, 4.69) is 17.9 Å². The lowest BCUT2D eigenvalue weighted by atomic mass is 9.71. The average Bonchev–Trinajstić information content (AvgIpc) is 2.77. The molecule has 2 amide bonds. The fourth-order valence-electron chi connectivity index (χ4n) is 3.95. The molecule has 2 rings (SSSR count). The number of thiol groups is 1. The van der Waals surface area contributed by atoms with Crippen LogP contribution in [0, 0.1) is 5.92 Å². The number of esters is 1. The van der Waals surface area contributed by atoms with Crippen LogP contribution in [-0.2, 0) is 24.5 Å². The highest BCUT2D eigenvalue weighted by atomic mass is 32.1. The van der Waals surface area contributed by atoms with E-state index in [4.69, 9.17) is 10.5 Å². The number of hydrogen-bond donors (Lipinski definition) is 3. The number of carbonyl (C=O) groups is 3. The maximum Gasteiger partial charge on any atom is 0.328 e. The third-order valence-corrected chi connectivity index (χ3v) is 6.10. The van der Waals surface area contributed by atoms with Gasteiger partial charge in [-0.05, 0) is 30.7 Å². The monoisotopic (exact) mass is 435 g/mol. The first-order valence-electron chi connectivity index (χ1n) is 10.3. The quantitative estimate of drug-likeness (QED) is 0.424. The third-order valence-electron chi connectivity index (χ3n) is 5.70. The molecule has 1 heterocycles. The molecule has 1 saturated heterocycles. The molecule has 166 valence electrons. The SMILES string of the molecule is COC(=O)[C@H](CC(C)C)NC(=O)C1(c2ccccc2)CCN(C(=O)[C@@H](N)CS)CC1. The van der Waals surface area contributed by atoms with Crippen molar-refractivity contribution in [3.63, 3.8) is 0 Å². The highest BCUT2D eigenvalue weighted by Crippen LogP contribution is 2.36. The van der Waals surface area contributed by atoms with Crippen LogP contribution in [-0.4, -0.2) is 60.7 Å². The molecule has 3 N–H and O–H groups in total. The van der Waals surface area contributed by atoms with Crippen molar-refractivity contribution >= 4 is 30.4 Å². The van der Waals surface area contributed by atoms with Gasteiger partial charge in [0.1, 0.15) is 6.04 Å². The van der Waals surface area contributed by atoms with Crippen LogP contribution in [0.25, 0.3) is 0 Å². The summed E-state index contributed by atoms with van der Waals surface area (Å²) >= 11 is 4.11. The molecule has 0 bridgehead atoms. The van der Waals surface area contributed by atoms with Gasteiger partial charge in [0.2, 0.25) is 11.8 Å². The summed E-state index contributed by atoms with van der Waals surface area (Å²) in [6.45, 7) is 4.80. The molecule has 1 aromatic rings. The van der Waals surface area contributed by atoms with E-state index in [-0.39, 0.29) is 23.5 Å². The molecule has 1 aromatic carbocycles. The number of likely N-dealkylation sites (tertiary alicyclic amines) is 1. The first kappa shape index (κ1) is 24.2. The number of benzene rings is 1. The van der Waals surface area contributed by atoms with E-state index in [1.807, 2.05) is 44.2 Å². The standard InChI is InChI=1S/C22H33N3O4S/c1-15(2)13-18(20(27)29-3)24-21(28)22(16-7-5-4-6-8-16)9-11-25(12-10-22)19(26)17(23)14-30/h4-8,15,17-18,30H,9-14,23H2,1-3H3,(H,24,28)/t17-,18-/m0/s1. The first-order chi connectivity index (χ1) is 14.2. The molecular weight excluding hydrogens is 402 g/mol. The van der Waals surface area contributed by atoms with E-state index in [1.54, 1.807) is 4.90 Å². The zero-order valence-electron chi connectivity index (χ0n) is 18.0. The normalized spacial score (nSPS) is 17.9. The van der Waals surface area contributed by atoms with Gasteiger partial charge in [0.05, 0.1) is 18.6 Å². The summed E-state index contributed by atoms with van der Waals surface area (Å²) < 4.78 is 4.90. The number of nitrogens with two attached hydrogens (primary N) is 1. The molecule has 0 radical (unpaired) electrons. The Labute approximate surface area is 184 Å². The van der Waals surface area contributed by atoms with E-state index in [0.29, 0.717) is 32.4 Å². The molecule has 0 aliphatic carbocycles. The van der Waals surface area contributed by atoms with Crippen LogP contribution in [0.5, 0.6) is 0 Å². The molecule has 0 aromatic heterocycles. The van der Waals surface area contributed by atoms with Crippen molar-refractivity contribution in [1.29, 1.82) is 0 Å². The molecule has 2 atom stereocenters. The minimum absolute atomic E-state index is 0.153. The summed E-state index contributed by atoms with van der Waals surface area (Å²) in [5, 5.41) is 2.93. The lowest BCUT2D eigenvalue weighted by Crippen LogP contribution is -2.57. The van der Waals surface area contributed by atoms with Crippen LogP contribution < -0.4 is 11.1 Å². The second-order valence-electron chi connectivity index (χ2n) is 8.24. The second-order valence-corrected chi connectivity index (χ2v) is 8.61. The van der Waals surface area contributed by atoms with E-state index in [1.165, 1.54) is 7.11 Å². The van der Waals surface area contributed by atoms with E-state index in [0.717, 1.165) is 5.56 Å². The van der Waals surface area contributed by atoms with Crippen molar-refractivity contribution in [3.8, 4) is 0 Å². The molecule has 0 saturated carbocycles. The van der Waals surface area contributed by atoms with Crippen molar-refractivity contribution in [2.75, 3.05) is 26.0 Å². The Bertz CT molecular complexity index is 733. The maximum absolute atomic E-state index is 13.5. The van der Waals surface area contributed by atoms with Crippen LogP contribution in [0.2, 0.25) is 0 Å². The zero-order valence-corrected chi connectivity index (χ0v) is 18.9. The van der Waals surface area contributed by atoms with E-state index >= 15 is 0 Å². The number of ether oxygens (including phenoxy) is 1. The average molecular weight is 436 g/mol. The Kier molecular flexibility index (Phi) is 8.73. The van der Waals surface area contributed by atoms with Crippen molar-refractivity contribution in [2.24, 2.45) is 11.7 Å². The number of nitrogens with zero attached hydrogens (tertiary/aromatic N) is 1. The predicted molar refractivity (Wildman–Crippen MR) is 119 cm³/mol. The van der Waals surface area contributed by atoms with Gasteiger partial charge in [-0.3, -0.25) is 9.59 Å². The Morgan fingerprint density at radius 2 is 1.80 bits per heavy atom. The first-order valence-corrected chi connectivity index (χ1v) is 11.0. The molecule has 8 heteroatoms. The highest BCUT2D eigenvalue weighted by Gasteiger charge is 2.45. The molecule has 0 spiro atoms. The van der Waals surface area contributed by atoms with E-state index < -0.39 is 23.5 Å². The Balaban J connectivity index is 2.27. The molecule has 7 nitrogen and oxygen atoms in total. The summed E-state index contributed by atoms with van der Waals surface area (Å²) in [6.07, 6.45) is 1.39. The Hall–Kier alpha value is -2.06. The summed E-state index contributed by atoms with van der Waals surface area (Å²) in [5.74, 6) is -0.332. The Morgan fingerprint density at radius 3 is 2.30 bits per heavy atom. The van der Waals surface area contributed by atoms with Gasteiger partial charge in [-0.25, -0.2) is 4.79 Å². The minimum Gasteiger partial charge on any atom is -0.467 e. The largest absolute Gasteiger partial charge is 0.467 e. The molecule has 1 aliphatic heterocycles. The number of nitrogens with one attached hydrogen (secondary N) is 1. The molecular formula is C22H33N3O4S. The van der Waals surface area contributed by atoms with Crippen LogP contribution in [0.4, 0.5) is 0 Å². The number of rotatable bonds is 8. The fourth-order valence-corrected chi connectivity index (χ4v) is 4.11. The topological polar surface area (TPSA) is 102 Å². The highest BCUT2D eigenvalue weighted by molar-refractivity contribution is 7.80. The van der Waals surface area contributed by atoms with Crippen LogP contribution in [0.1, 0.15) is 38.7 Å². The second kappa shape index (κ2) is 10.8. The van der Waals surface area contributed by atoms with Crippen molar-refractivity contribution < 1.29 is 19.1 Å². The Morgan fingerprint density at radius 1 is 1.20 bits per heavy atom. The predicted octanol–water partition coefficient (Wildman–Crippen LogP) is 1.51. The van der Waals surface area contributed by atoms with Crippen molar-refractivity contribution in [3.05, 3.63) is 35.9 Å². The number of piperidine rings is 1. The maximum atomic E-state index is 13.5. The summed E-state index contributed by atoms with van der Waals surface area (Å²) in [5.41, 5.74) is 5.90. The van der Waals surface area contributed by atoms with Gasteiger partial charge < -0.3 is 20.7 Å². The van der Waals surface area contributed by atoms with Gasteiger partial charge in [0.25, 0.3) is 0 Å². The fraction of sp³-hybridized carbons (Fsp3) is 0.591. The van der Waals surface area contributed by atoms with Gasteiger partial charge in [-0.1, -0.05) is 44.2 Å². The van der Waals surface area contributed by atoms with Gasteiger partial charge in [-0.2, -0.15) is 12.6 Å². The van der Waals surface area contributed by atoms with E-state index in [9.17, 15) is 14.4 Å². The van der Waals surface area contributed by atoms with Crippen molar-refractivity contribution in [1.82, 2.24) is 10.2 Å². The van der Waals surface area contributed by atoms with Gasteiger partial charge in [-0.15, -0.1) is 0 Å². The third kappa shape index (κ3) is 5.55. The molecule has 0 unspecified atom stereocenters. The molecule has 30 heavy (non-hydrogen) atoms. The molecule has 1 aliphatic rings.